The van der Waals surface area contributed by atoms with Crippen LogP contribution in [0.2, 0.25) is 0 Å². The summed E-state index contributed by atoms with van der Waals surface area (Å²) in [5.74, 6) is 0.834. The molecule has 0 saturated heterocycles. The van der Waals surface area contributed by atoms with Gasteiger partial charge in [-0.25, -0.2) is 0 Å². The number of aliphatic hydroxyl groups is 1. The predicted octanol–water partition coefficient (Wildman–Crippen LogP) is 1.86. The first-order valence-corrected chi connectivity index (χ1v) is 5.59. The van der Waals surface area contributed by atoms with Gasteiger partial charge in [-0.2, -0.15) is 0 Å². The van der Waals surface area contributed by atoms with E-state index in [2.05, 4.69) is 0 Å². The van der Waals surface area contributed by atoms with Gasteiger partial charge in [-0.3, -0.25) is 0 Å². The highest BCUT2D eigenvalue weighted by molar-refractivity contribution is 5.27. The van der Waals surface area contributed by atoms with E-state index in [1.165, 1.54) is 0 Å². The van der Waals surface area contributed by atoms with Crippen LogP contribution in [0.4, 0.5) is 0 Å². The number of ether oxygens (including phenoxy) is 1. The molecular formula is C13H21NO2. The van der Waals surface area contributed by atoms with E-state index in [0.717, 1.165) is 11.3 Å². The summed E-state index contributed by atoms with van der Waals surface area (Å²) in [5, 5.41) is 9.82. The Labute approximate surface area is 97.2 Å². The zero-order valence-electron chi connectivity index (χ0n) is 10.2. The molecule has 90 valence electrons. The molecule has 1 rings (SSSR count). The molecule has 3 nitrogen and oxygen atoms in total. The van der Waals surface area contributed by atoms with Crippen molar-refractivity contribution >= 4 is 0 Å². The maximum Gasteiger partial charge on any atom is 0.119 e. The topological polar surface area (TPSA) is 55.5 Å². The van der Waals surface area contributed by atoms with E-state index in [1.54, 1.807) is 6.92 Å². The van der Waals surface area contributed by atoms with Crippen LogP contribution in [-0.2, 0) is 0 Å². The Balaban J connectivity index is 2.55. The second-order valence-electron chi connectivity index (χ2n) is 4.65. The smallest absolute Gasteiger partial charge is 0.119 e. The van der Waals surface area contributed by atoms with Crippen molar-refractivity contribution in [3.63, 3.8) is 0 Å². The lowest BCUT2D eigenvalue weighted by molar-refractivity contribution is 0.0237. The standard InChI is InChI=1S/C13H21NO2/c1-10-5-4-6-12(7-10)16-11(2)8-13(3,15)9-14/h4-7,11,15H,8-9,14H2,1-3H3. The second kappa shape index (κ2) is 5.32. The summed E-state index contributed by atoms with van der Waals surface area (Å²) >= 11 is 0. The van der Waals surface area contributed by atoms with E-state index in [0.29, 0.717) is 6.42 Å². The second-order valence-corrected chi connectivity index (χ2v) is 4.65. The van der Waals surface area contributed by atoms with Crippen molar-refractivity contribution in [3.8, 4) is 5.75 Å². The van der Waals surface area contributed by atoms with Gasteiger partial charge in [-0.1, -0.05) is 12.1 Å². The Morgan fingerprint density at radius 1 is 1.50 bits per heavy atom. The normalized spacial score (nSPS) is 16.6. The molecule has 0 saturated carbocycles. The van der Waals surface area contributed by atoms with Crippen molar-refractivity contribution in [1.82, 2.24) is 0 Å². The van der Waals surface area contributed by atoms with Gasteiger partial charge in [0, 0.05) is 13.0 Å². The number of benzene rings is 1. The number of nitrogens with two attached hydrogens (primary N) is 1. The highest BCUT2D eigenvalue weighted by atomic mass is 16.5. The zero-order chi connectivity index (χ0) is 12.2. The van der Waals surface area contributed by atoms with Gasteiger partial charge < -0.3 is 15.6 Å². The molecule has 0 radical (unpaired) electrons. The first-order chi connectivity index (χ1) is 7.43. The molecule has 2 unspecified atom stereocenters. The minimum atomic E-state index is -0.858. The van der Waals surface area contributed by atoms with Crippen molar-refractivity contribution in [2.45, 2.75) is 38.9 Å². The van der Waals surface area contributed by atoms with Crippen molar-refractivity contribution in [2.75, 3.05) is 6.54 Å². The molecule has 16 heavy (non-hydrogen) atoms. The average molecular weight is 223 g/mol. The molecule has 0 aliphatic carbocycles. The maximum atomic E-state index is 9.82. The maximum absolute atomic E-state index is 9.82. The molecular weight excluding hydrogens is 202 g/mol. The Kier molecular flexibility index (Phi) is 4.33. The van der Waals surface area contributed by atoms with Crippen LogP contribution in [0.15, 0.2) is 24.3 Å². The van der Waals surface area contributed by atoms with E-state index in [9.17, 15) is 5.11 Å². The molecule has 1 aromatic rings. The van der Waals surface area contributed by atoms with Gasteiger partial charge in [0.2, 0.25) is 0 Å². The Morgan fingerprint density at radius 2 is 2.19 bits per heavy atom. The number of aryl methyl sites for hydroxylation is 1. The Hall–Kier alpha value is -1.06. The fourth-order valence-corrected chi connectivity index (χ4v) is 1.67. The number of hydrogen-bond donors (Lipinski definition) is 2. The van der Waals surface area contributed by atoms with E-state index >= 15 is 0 Å². The number of rotatable bonds is 5. The lowest BCUT2D eigenvalue weighted by atomic mass is 9.99. The van der Waals surface area contributed by atoms with E-state index < -0.39 is 5.60 Å². The van der Waals surface area contributed by atoms with Crippen LogP contribution in [-0.4, -0.2) is 23.4 Å². The monoisotopic (exact) mass is 223 g/mol. The van der Waals surface area contributed by atoms with Crippen molar-refractivity contribution < 1.29 is 9.84 Å². The summed E-state index contributed by atoms with van der Waals surface area (Å²) in [6.07, 6.45) is 0.470. The molecule has 0 heterocycles. The molecule has 0 spiro atoms. The highest BCUT2D eigenvalue weighted by Gasteiger charge is 2.22. The molecule has 1 aromatic carbocycles. The van der Waals surface area contributed by atoms with E-state index in [-0.39, 0.29) is 12.6 Å². The minimum Gasteiger partial charge on any atom is -0.491 e. The molecule has 0 aliphatic rings. The summed E-state index contributed by atoms with van der Waals surface area (Å²) in [4.78, 5) is 0. The summed E-state index contributed by atoms with van der Waals surface area (Å²) in [5.41, 5.74) is 5.77. The van der Waals surface area contributed by atoms with Gasteiger partial charge in [0.25, 0.3) is 0 Å². The van der Waals surface area contributed by atoms with E-state index in [1.807, 2.05) is 38.1 Å². The average Bonchev–Trinajstić information content (AvgIpc) is 2.16. The van der Waals surface area contributed by atoms with Gasteiger partial charge in [0.05, 0.1) is 11.7 Å². The van der Waals surface area contributed by atoms with Gasteiger partial charge in [0.15, 0.2) is 0 Å². The summed E-state index contributed by atoms with van der Waals surface area (Å²) in [6.45, 7) is 5.93. The summed E-state index contributed by atoms with van der Waals surface area (Å²) < 4.78 is 5.72. The van der Waals surface area contributed by atoms with Crippen molar-refractivity contribution in [2.24, 2.45) is 5.73 Å². The van der Waals surface area contributed by atoms with Gasteiger partial charge >= 0.3 is 0 Å². The lowest BCUT2D eigenvalue weighted by Gasteiger charge is -2.25. The van der Waals surface area contributed by atoms with E-state index in [4.69, 9.17) is 10.5 Å². The van der Waals surface area contributed by atoms with Crippen LogP contribution < -0.4 is 10.5 Å². The molecule has 3 heteroatoms. The first kappa shape index (κ1) is 13.0. The molecule has 0 bridgehead atoms. The Morgan fingerprint density at radius 3 is 2.75 bits per heavy atom. The Bertz CT molecular complexity index is 336. The summed E-state index contributed by atoms with van der Waals surface area (Å²) in [6, 6.07) is 7.88. The minimum absolute atomic E-state index is 0.0552. The molecule has 2 atom stereocenters. The molecule has 0 fully saturated rings. The van der Waals surface area contributed by atoms with Crippen LogP contribution >= 0.6 is 0 Å². The SMILES string of the molecule is Cc1cccc(OC(C)CC(C)(O)CN)c1. The zero-order valence-corrected chi connectivity index (χ0v) is 10.2. The van der Waals surface area contributed by atoms with Crippen LogP contribution in [0.1, 0.15) is 25.8 Å². The fourth-order valence-electron chi connectivity index (χ4n) is 1.67. The van der Waals surface area contributed by atoms with Crippen LogP contribution in [0, 0.1) is 6.92 Å². The molecule has 0 amide bonds. The highest BCUT2D eigenvalue weighted by Crippen LogP contribution is 2.18. The molecule has 3 N–H and O–H groups in total. The molecule has 0 aliphatic heterocycles. The largest absolute Gasteiger partial charge is 0.491 e. The molecule has 0 aromatic heterocycles. The number of hydrogen-bond acceptors (Lipinski definition) is 3. The van der Waals surface area contributed by atoms with Crippen LogP contribution in [0.25, 0.3) is 0 Å². The van der Waals surface area contributed by atoms with Crippen LogP contribution in [0.3, 0.4) is 0 Å². The van der Waals surface area contributed by atoms with Crippen LogP contribution in [0.5, 0.6) is 5.75 Å². The first-order valence-electron chi connectivity index (χ1n) is 5.59. The fraction of sp³-hybridized carbons (Fsp3) is 0.538. The quantitative estimate of drug-likeness (QED) is 0.801. The van der Waals surface area contributed by atoms with Gasteiger partial charge in [0.1, 0.15) is 5.75 Å². The third-order valence-corrected chi connectivity index (χ3v) is 2.49. The third-order valence-electron chi connectivity index (χ3n) is 2.49. The van der Waals surface area contributed by atoms with Crippen molar-refractivity contribution in [1.29, 1.82) is 0 Å². The lowest BCUT2D eigenvalue weighted by Crippen LogP contribution is -2.38. The predicted molar refractivity (Wildman–Crippen MR) is 65.6 cm³/mol. The summed E-state index contributed by atoms with van der Waals surface area (Å²) in [7, 11) is 0. The third kappa shape index (κ3) is 4.21. The van der Waals surface area contributed by atoms with Gasteiger partial charge in [-0.05, 0) is 38.5 Å². The van der Waals surface area contributed by atoms with Crippen molar-refractivity contribution in [3.05, 3.63) is 29.8 Å². The van der Waals surface area contributed by atoms with Gasteiger partial charge in [-0.15, -0.1) is 0 Å².